The zero-order chi connectivity index (χ0) is 54.4. The van der Waals surface area contributed by atoms with E-state index in [2.05, 4.69) is 10.3 Å². The maximum atomic E-state index is 14.5. The first-order valence-corrected chi connectivity index (χ1v) is 26.4. The number of carboxylic acids is 1. The molecule has 0 aromatic carbocycles. The number of pyridine rings is 2. The number of Topliss-reactive ketones (excluding diaryl/α,β-unsaturated/α-hetero) is 1. The average molecular weight is 1060 g/mol. The number of rotatable bonds is 17. The third-order valence-corrected chi connectivity index (χ3v) is 16.9. The smallest absolute Gasteiger partial charge is 0.477 e. The van der Waals surface area contributed by atoms with Gasteiger partial charge in [-0.05, 0) is 67.6 Å². The van der Waals surface area contributed by atoms with Crippen LogP contribution in [0.1, 0.15) is 85.0 Å². The van der Waals surface area contributed by atoms with Crippen molar-refractivity contribution in [1.82, 2.24) is 19.9 Å². The first-order chi connectivity index (χ1) is 34.8. The zero-order valence-corrected chi connectivity index (χ0v) is 45.9. The molecule has 4 aliphatic heterocycles. The fourth-order valence-corrected chi connectivity index (χ4v) is 12.3. The van der Waals surface area contributed by atoms with Gasteiger partial charge in [0.05, 0.1) is 70.3 Å². The highest BCUT2D eigenvalue weighted by atomic mass is 32.2. The summed E-state index contributed by atoms with van der Waals surface area (Å²) in [7, 11) is 10.3. The minimum absolute atomic E-state index is 0.0659. The van der Waals surface area contributed by atoms with Crippen LogP contribution in [0, 0.1) is 23.7 Å². The topological polar surface area (TPSA) is 254 Å². The van der Waals surface area contributed by atoms with E-state index in [1.54, 1.807) is 70.8 Å². The van der Waals surface area contributed by atoms with Gasteiger partial charge in [-0.1, -0.05) is 20.8 Å². The van der Waals surface area contributed by atoms with Crippen molar-refractivity contribution in [1.29, 1.82) is 0 Å². The highest BCUT2D eigenvalue weighted by molar-refractivity contribution is 7.99. The number of aromatic carboxylic acids is 1. The van der Waals surface area contributed by atoms with E-state index in [-0.39, 0.29) is 35.9 Å². The molecule has 1 unspecified atom stereocenters. The van der Waals surface area contributed by atoms with Crippen molar-refractivity contribution < 1.29 is 76.8 Å². The van der Waals surface area contributed by atoms with E-state index in [1.165, 1.54) is 25.1 Å². The second-order valence-corrected chi connectivity index (χ2v) is 22.7. The van der Waals surface area contributed by atoms with Gasteiger partial charge >= 0.3 is 18.1 Å². The number of carbonyl (C=O) groups is 4. The molecule has 4 saturated heterocycles. The highest BCUT2D eigenvalue weighted by Gasteiger charge is 2.79. The van der Waals surface area contributed by atoms with Crippen LogP contribution in [0.3, 0.4) is 0 Å². The molecule has 0 amide bonds. The summed E-state index contributed by atoms with van der Waals surface area (Å²) in [6.07, 6.45) is -6.27. The molecule has 7 rings (SSSR count). The van der Waals surface area contributed by atoms with E-state index >= 15 is 0 Å². The van der Waals surface area contributed by atoms with Crippen LogP contribution in [0.15, 0.2) is 28.3 Å². The normalized spacial score (nSPS) is 38.7. The Morgan fingerprint density at radius 1 is 0.946 bits per heavy atom. The molecule has 23 heteroatoms. The summed E-state index contributed by atoms with van der Waals surface area (Å²) in [5.74, 6) is -4.87. The number of aliphatic hydroxyl groups is 1. The van der Waals surface area contributed by atoms with Gasteiger partial charge in [0, 0.05) is 83.6 Å². The number of carbonyl (C=O) groups excluding carboxylic acids is 3. The largest absolute Gasteiger partial charge is 0.510 e. The summed E-state index contributed by atoms with van der Waals surface area (Å²) in [5.41, 5.74) is -4.15. The summed E-state index contributed by atoms with van der Waals surface area (Å²) < 4.78 is 64.8. The molecule has 1 spiro atoms. The monoisotopic (exact) mass is 1060 g/mol. The van der Waals surface area contributed by atoms with Gasteiger partial charge in [-0.15, -0.1) is 11.8 Å². The van der Waals surface area contributed by atoms with Gasteiger partial charge in [-0.25, -0.2) is 14.6 Å². The van der Waals surface area contributed by atoms with Crippen LogP contribution in [0.25, 0.3) is 10.9 Å². The number of ketones is 1. The number of hydrogen-bond donors (Lipinski definition) is 3. The Bertz CT molecular complexity index is 2430. The third-order valence-electron chi connectivity index (χ3n) is 15.9. The summed E-state index contributed by atoms with van der Waals surface area (Å²) in [4.78, 5) is 72.9. The molecular formula is C51H77N5O17S. The van der Waals surface area contributed by atoms with Crippen molar-refractivity contribution in [2.24, 2.45) is 23.7 Å². The van der Waals surface area contributed by atoms with Gasteiger partial charge in [0.2, 0.25) is 17.1 Å². The zero-order valence-electron chi connectivity index (χ0n) is 45.1. The number of carboxylic acid groups (broad SMARTS) is 1. The lowest BCUT2D eigenvalue weighted by molar-refractivity contribution is -0.321. The van der Waals surface area contributed by atoms with E-state index in [9.17, 15) is 34.2 Å². The number of esters is 1. The molecule has 2 aromatic rings. The lowest BCUT2D eigenvalue weighted by atomic mass is 9.76. The minimum atomic E-state index is -1.50. The van der Waals surface area contributed by atoms with Gasteiger partial charge in [-0.2, -0.15) is 0 Å². The van der Waals surface area contributed by atoms with Crippen LogP contribution < -0.4 is 15.8 Å². The second kappa shape index (κ2) is 22.9. The minimum Gasteiger partial charge on any atom is -0.477 e. The van der Waals surface area contributed by atoms with Crippen molar-refractivity contribution in [2.75, 3.05) is 72.9 Å². The number of aliphatic hydroxyl groups excluding tert-OH is 1. The summed E-state index contributed by atoms with van der Waals surface area (Å²) in [6, 6.07) is 1.30. The van der Waals surface area contributed by atoms with Crippen molar-refractivity contribution in [2.45, 2.75) is 164 Å². The lowest BCUT2D eigenvalue weighted by Crippen LogP contribution is -2.61. The highest BCUT2D eigenvalue weighted by Crippen LogP contribution is 2.57. The molecular weight excluding hydrogens is 987 g/mol. The number of ether oxygens (including phenoxy) is 10. The summed E-state index contributed by atoms with van der Waals surface area (Å²) in [6.45, 7) is 15.8. The summed E-state index contributed by atoms with van der Waals surface area (Å²) in [5, 5.41) is 27.3. The molecule has 3 N–H and O–H groups in total. The Balaban J connectivity index is 1.06. The second-order valence-electron chi connectivity index (χ2n) is 21.5. The third kappa shape index (κ3) is 11.3. The number of methoxy groups -OCH3 is 2. The maximum Gasteiger partial charge on any atom is 0.510 e. The van der Waals surface area contributed by atoms with Crippen LogP contribution in [-0.4, -0.2) is 201 Å². The van der Waals surface area contributed by atoms with Crippen molar-refractivity contribution in [3.63, 3.8) is 0 Å². The van der Waals surface area contributed by atoms with Crippen LogP contribution in [0.2, 0.25) is 0 Å². The van der Waals surface area contributed by atoms with Crippen LogP contribution in [-0.2, 0) is 57.0 Å². The van der Waals surface area contributed by atoms with Gasteiger partial charge in [-0.3, -0.25) is 19.1 Å². The molecule has 0 bridgehead atoms. The molecule has 1 saturated carbocycles. The number of aromatic nitrogens is 2. The van der Waals surface area contributed by atoms with E-state index < -0.39 is 125 Å². The fourth-order valence-electron chi connectivity index (χ4n) is 11.5. The maximum absolute atomic E-state index is 14.5. The van der Waals surface area contributed by atoms with E-state index in [0.717, 1.165) is 0 Å². The molecule has 74 heavy (non-hydrogen) atoms. The number of fused-ring (bicyclic) bond motifs is 1. The Morgan fingerprint density at radius 2 is 1.64 bits per heavy atom. The number of nitrogens with one attached hydrogen (secondary N) is 1. The van der Waals surface area contributed by atoms with Crippen LogP contribution >= 0.6 is 11.8 Å². The van der Waals surface area contributed by atoms with E-state index in [4.69, 9.17) is 47.4 Å². The van der Waals surface area contributed by atoms with Gasteiger partial charge in [0.15, 0.2) is 24.5 Å². The molecule has 22 nitrogen and oxygen atoms in total. The Labute approximate surface area is 436 Å². The molecule has 18 atom stereocenters. The first kappa shape index (κ1) is 57.7. The molecule has 0 radical (unpaired) electrons. The first-order valence-electron chi connectivity index (χ1n) is 25.4. The number of hydrogen-bond acceptors (Lipinski definition) is 21. The van der Waals surface area contributed by atoms with Gasteiger partial charge in [0.1, 0.15) is 17.8 Å². The SMILES string of the molecule is CO[C@]1(C)C[C@@H](C)C(=O)[C@H]2OC(=O)O[C@@]23C(C)[C@H]3OC(=O)[C@H](C)[C@@H](O[C@H]2C[C@@](C)(OC)[C@@H](OCCNCCSc3cc4c(=O)c(C(=O)O)cn(N(C)C)c4cn3)[C@H](C)O2)[C@H](C)[C@H]1O[C@@H]1O[C@H](C)C[C@H](N(C)C)[C@H]1O. The lowest BCUT2D eigenvalue weighted by Gasteiger charge is -2.50. The van der Waals surface area contributed by atoms with Crippen LogP contribution in [0.4, 0.5) is 4.79 Å². The predicted octanol–water partition coefficient (Wildman–Crippen LogP) is 3.22. The Morgan fingerprint density at radius 3 is 2.28 bits per heavy atom. The molecule has 414 valence electrons. The van der Waals surface area contributed by atoms with Crippen LogP contribution in [0.5, 0.6) is 0 Å². The number of likely N-dealkylation sites (N-methyl/N-ethyl adjacent to an activating group) is 1. The Hall–Kier alpha value is -4.01. The fraction of sp³-hybridized carbons (Fsp3) is 0.765. The van der Waals surface area contributed by atoms with Crippen molar-refractivity contribution >= 4 is 46.5 Å². The molecule has 5 aliphatic rings. The number of nitrogens with zero attached hydrogens (tertiary/aromatic N) is 4. The molecule has 6 heterocycles. The van der Waals surface area contributed by atoms with Crippen molar-refractivity contribution in [3.05, 3.63) is 34.2 Å². The number of thioether (sulfide) groups is 1. The molecule has 1 aliphatic carbocycles. The summed E-state index contributed by atoms with van der Waals surface area (Å²) >= 11 is 1.42. The average Bonchev–Trinajstić information content (AvgIpc) is 3.69. The standard InChI is InChI=1S/C51H77N5O17S/c1-25-21-49(7,64-13)41(71-47-39(59)33(54(9)10)19-26(2)67-47)27(3)40(28(4)46(62)70-42-29(5)51(42)44(37(25)57)72-48(63)73-51)69-36-22-50(8,65-14)43(30(6)68-36)66-17-15-52-16-18-74-35-20-31-34(23-53-35)56(55(11)12)24-32(38(31)58)45(60)61/h20,23-30,33,36,39-44,47,52,59H,15-19,21-22H2,1-14H3,(H,60,61)/t25-,26-,27+,28-,29?,30+,33+,36+,39-,40+,41-,42-,43+,44-,47+,49-,50-,51-/m1/s1. The van der Waals surface area contributed by atoms with E-state index in [1.807, 2.05) is 46.7 Å². The van der Waals surface area contributed by atoms with Gasteiger partial charge in [0.25, 0.3) is 0 Å². The van der Waals surface area contributed by atoms with Gasteiger partial charge < -0.3 is 72.8 Å². The van der Waals surface area contributed by atoms with Crippen molar-refractivity contribution in [3.8, 4) is 0 Å². The van der Waals surface area contributed by atoms with E-state index in [0.29, 0.717) is 42.4 Å². The molecule has 2 aromatic heterocycles. The predicted molar refractivity (Wildman–Crippen MR) is 269 cm³/mol. The Kier molecular flexibility index (Phi) is 17.9. The molecule has 5 fully saturated rings. The quantitative estimate of drug-likeness (QED) is 0.117.